The van der Waals surface area contributed by atoms with Gasteiger partial charge in [0.25, 0.3) is 0 Å². The van der Waals surface area contributed by atoms with Crippen molar-refractivity contribution in [1.82, 2.24) is 10.2 Å². The van der Waals surface area contributed by atoms with Crippen molar-refractivity contribution in [1.29, 1.82) is 0 Å². The van der Waals surface area contributed by atoms with Crippen molar-refractivity contribution in [2.75, 3.05) is 6.61 Å². The molecule has 0 aliphatic heterocycles. The van der Waals surface area contributed by atoms with Crippen LogP contribution in [0.5, 0.6) is 11.5 Å². The van der Waals surface area contributed by atoms with E-state index in [0.717, 1.165) is 0 Å². The minimum absolute atomic E-state index is 0.274. The molecule has 0 spiro atoms. The average molecular weight is 299 g/mol. The van der Waals surface area contributed by atoms with E-state index in [1.54, 1.807) is 12.1 Å². The van der Waals surface area contributed by atoms with Gasteiger partial charge in [0, 0.05) is 11.1 Å². The normalized spacial score (nSPS) is 10.0. The van der Waals surface area contributed by atoms with Gasteiger partial charge in [0.2, 0.25) is 0 Å². The van der Waals surface area contributed by atoms with E-state index in [-0.39, 0.29) is 6.61 Å². The number of esters is 1. The third kappa shape index (κ3) is 4.08. The summed E-state index contributed by atoms with van der Waals surface area (Å²) in [4.78, 5) is 11.5. The van der Waals surface area contributed by atoms with Gasteiger partial charge >= 0.3 is 5.97 Å². The first kappa shape index (κ1) is 13.6. The van der Waals surface area contributed by atoms with Crippen LogP contribution in [0.1, 0.15) is 0 Å². The molecule has 0 saturated carbocycles. The van der Waals surface area contributed by atoms with Crippen molar-refractivity contribution in [2.45, 2.75) is 0 Å². The highest BCUT2D eigenvalue weighted by molar-refractivity contribution is 6.35. The van der Waals surface area contributed by atoms with Gasteiger partial charge in [-0.1, -0.05) is 23.2 Å². The molecule has 0 atom stereocenters. The van der Waals surface area contributed by atoms with Crippen molar-refractivity contribution in [3.8, 4) is 11.5 Å². The van der Waals surface area contributed by atoms with Crippen molar-refractivity contribution in [2.24, 2.45) is 0 Å². The van der Waals surface area contributed by atoms with Crippen LogP contribution in [0, 0.1) is 0 Å². The second-order valence-electron chi connectivity index (χ2n) is 3.42. The van der Waals surface area contributed by atoms with Crippen LogP contribution in [0.3, 0.4) is 0 Å². The number of rotatable bonds is 4. The molecule has 0 unspecified atom stereocenters. The monoisotopic (exact) mass is 298 g/mol. The van der Waals surface area contributed by atoms with E-state index in [1.165, 1.54) is 24.5 Å². The van der Waals surface area contributed by atoms with E-state index in [2.05, 4.69) is 10.2 Å². The van der Waals surface area contributed by atoms with Crippen molar-refractivity contribution in [3.63, 3.8) is 0 Å². The molecule has 5 nitrogen and oxygen atoms in total. The lowest BCUT2D eigenvalue weighted by Crippen LogP contribution is -2.17. The number of aromatic nitrogens is 2. The lowest BCUT2D eigenvalue weighted by Gasteiger charge is -2.07. The maximum atomic E-state index is 11.5. The Morgan fingerprint density at radius 2 is 2.05 bits per heavy atom. The molecular weight excluding hydrogens is 291 g/mol. The minimum atomic E-state index is -0.570. The molecule has 2 rings (SSSR count). The molecule has 0 radical (unpaired) electrons. The first-order valence-corrected chi connectivity index (χ1v) is 5.96. The van der Waals surface area contributed by atoms with Crippen LogP contribution in [0.2, 0.25) is 10.0 Å². The first-order valence-electron chi connectivity index (χ1n) is 5.20. The highest BCUT2D eigenvalue weighted by Gasteiger charge is 2.08. The van der Waals surface area contributed by atoms with Gasteiger partial charge in [-0.15, -0.1) is 0 Å². The second kappa shape index (κ2) is 6.36. The molecule has 1 aromatic heterocycles. The molecule has 0 bridgehead atoms. The van der Waals surface area contributed by atoms with Crippen LogP contribution in [-0.2, 0) is 4.79 Å². The second-order valence-corrected chi connectivity index (χ2v) is 4.26. The molecule has 0 aliphatic carbocycles. The van der Waals surface area contributed by atoms with Gasteiger partial charge in [0.15, 0.2) is 12.4 Å². The van der Waals surface area contributed by atoms with Gasteiger partial charge in [-0.2, -0.15) is 10.2 Å². The van der Waals surface area contributed by atoms with E-state index in [9.17, 15) is 4.79 Å². The average Bonchev–Trinajstić information content (AvgIpc) is 2.39. The summed E-state index contributed by atoms with van der Waals surface area (Å²) >= 11 is 11.6. The third-order valence-electron chi connectivity index (χ3n) is 2.03. The summed E-state index contributed by atoms with van der Waals surface area (Å²) in [6.45, 7) is -0.274. The van der Waals surface area contributed by atoms with E-state index < -0.39 is 5.97 Å². The fourth-order valence-electron chi connectivity index (χ4n) is 1.23. The molecule has 1 aromatic carbocycles. The summed E-state index contributed by atoms with van der Waals surface area (Å²) in [5, 5.41) is 7.95. The smallest absolute Gasteiger partial charge is 0.349 e. The minimum Gasteiger partial charge on any atom is -0.480 e. The maximum Gasteiger partial charge on any atom is 0.349 e. The van der Waals surface area contributed by atoms with Gasteiger partial charge < -0.3 is 9.47 Å². The zero-order valence-corrected chi connectivity index (χ0v) is 11.1. The quantitative estimate of drug-likeness (QED) is 0.812. The summed E-state index contributed by atoms with van der Waals surface area (Å²) in [5.74, 6) is 0.0840. The van der Waals surface area contributed by atoms with Gasteiger partial charge in [-0.05, 0) is 18.2 Å². The molecule has 19 heavy (non-hydrogen) atoms. The molecule has 0 aliphatic rings. The Balaban J connectivity index is 1.90. The van der Waals surface area contributed by atoms with Crippen LogP contribution in [-0.4, -0.2) is 22.8 Å². The molecule has 0 saturated heterocycles. The van der Waals surface area contributed by atoms with E-state index >= 15 is 0 Å². The Labute approximate surface area is 119 Å². The number of nitrogens with zero attached hydrogens (tertiary/aromatic N) is 2. The number of hydrogen-bond acceptors (Lipinski definition) is 5. The van der Waals surface area contributed by atoms with Crippen molar-refractivity contribution < 1.29 is 14.3 Å². The highest BCUT2D eigenvalue weighted by Crippen LogP contribution is 2.27. The maximum absolute atomic E-state index is 11.5. The van der Waals surface area contributed by atoms with Crippen LogP contribution in [0.25, 0.3) is 0 Å². The SMILES string of the molecule is O=C(COc1ccc(Cl)cc1Cl)Oc1ccnnc1. The highest BCUT2D eigenvalue weighted by atomic mass is 35.5. The van der Waals surface area contributed by atoms with E-state index in [0.29, 0.717) is 21.5 Å². The number of hydrogen-bond donors (Lipinski definition) is 0. The molecule has 98 valence electrons. The number of benzene rings is 1. The number of carbonyl (C=O) groups is 1. The summed E-state index contributed by atoms with van der Waals surface area (Å²) in [5.41, 5.74) is 0. The number of carbonyl (C=O) groups excluding carboxylic acids is 1. The topological polar surface area (TPSA) is 61.3 Å². The fourth-order valence-corrected chi connectivity index (χ4v) is 1.69. The lowest BCUT2D eigenvalue weighted by atomic mass is 10.3. The van der Waals surface area contributed by atoms with Gasteiger partial charge in [0.05, 0.1) is 17.4 Å². The Morgan fingerprint density at radius 1 is 1.21 bits per heavy atom. The van der Waals surface area contributed by atoms with Gasteiger partial charge in [-0.25, -0.2) is 4.79 Å². The largest absolute Gasteiger partial charge is 0.480 e. The van der Waals surface area contributed by atoms with Crippen molar-refractivity contribution >= 4 is 29.2 Å². The molecule has 0 fully saturated rings. The zero-order chi connectivity index (χ0) is 13.7. The third-order valence-corrected chi connectivity index (χ3v) is 2.56. The molecule has 7 heteroatoms. The van der Waals surface area contributed by atoms with Crippen LogP contribution in [0.15, 0.2) is 36.7 Å². The Bertz CT molecular complexity index is 578. The number of ether oxygens (including phenoxy) is 2. The molecule has 1 heterocycles. The molecule has 0 amide bonds. The predicted octanol–water partition coefficient (Wildman–Crippen LogP) is 2.77. The first-order chi connectivity index (χ1) is 9.15. The molecular formula is C12H8Cl2N2O3. The van der Waals surface area contributed by atoms with Crippen LogP contribution < -0.4 is 9.47 Å². The zero-order valence-electron chi connectivity index (χ0n) is 9.55. The van der Waals surface area contributed by atoms with Crippen molar-refractivity contribution in [3.05, 3.63) is 46.7 Å². The summed E-state index contributed by atoms with van der Waals surface area (Å²) < 4.78 is 10.2. The van der Waals surface area contributed by atoms with Crippen LogP contribution in [0.4, 0.5) is 0 Å². The fraction of sp³-hybridized carbons (Fsp3) is 0.0833. The summed E-state index contributed by atoms with van der Waals surface area (Å²) in [7, 11) is 0. The van der Waals surface area contributed by atoms with Gasteiger partial charge in [-0.3, -0.25) is 0 Å². The Morgan fingerprint density at radius 3 is 2.74 bits per heavy atom. The molecule has 0 N–H and O–H groups in total. The van der Waals surface area contributed by atoms with E-state index in [4.69, 9.17) is 32.7 Å². The predicted molar refractivity (Wildman–Crippen MR) is 69.6 cm³/mol. The van der Waals surface area contributed by atoms with Crippen LogP contribution >= 0.6 is 23.2 Å². The Hall–Kier alpha value is -1.85. The van der Waals surface area contributed by atoms with Gasteiger partial charge in [0.1, 0.15) is 5.75 Å². The van der Waals surface area contributed by atoms with E-state index in [1.807, 2.05) is 0 Å². The Kier molecular flexibility index (Phi) is 4.54. The summed E-state index contributed by atoms with van der Waals surface area (Å²) in [6, 6.07) is 6.23. The standard InChI is InChI=1S/C12H8Cl2N2O3/c13-8-1-2-11(10(14)5-8)18-7-12(17)19-9-3-4-15-16-6-9/h1-6H,7H2. The molecule has 2 aromatic rings. The number of halogens is 2. The lowest BCUT2D eigenvalue weighted by molar-refractivity contribution is -0.136. The summed E-state index contributed by atoms with van der Waals surface area (Å²) in [6.07, 6.45) is 2.74.